The quantitative estimate of drug-likeness (QED) is 0.182. The Balaban J connectivity index is 1.17. The van der Waals surface area contributed by atoms with Crippen LogP contribution in [-0.4, -0.2) is 65.9 Å². The molecule has 2 aromatic carbocycles. The largest absolute Gasteiger partial charge is 0.489 e. The Bertz CT molecular complexity index is 1630. The molecule has 0 amide bonds. The summed E-state index contributed by atoms with van der Waals surface area (Å²) in [4.78, 5) is 24.1. The summed E-state index contributed by atoms with van der Waals surface area (Å²) in [5.74, 6) is 1.89. The number of carbonyl (C=O) groups excluding carboxylic acids is 1. The van der Waals surface area contributed by atoms with Crippen molar-refractivity contribution in [3.05, 3.63) is 76.3 Å². The summed E-state index contributed by atoms with van der Waals surface area (Å²) in [5, 5.41) is 0.566. The molecule has 0 unspecified atom stereocenters. The number of hydrogen-bond donors (Lipinski definition) is 0. The Kier molecular flexibility index (Phi) is 8.17. The molecule has 2 aliphatic rings. The molecule has 43 heavy (non-hydrogen) atoms. The number of imidazole rings is 1. The number of aromatic nitrogens is 3. The number of aryl methyl sites for hydroxylation is 1. The first kappa shape index (κ1) is 29.2. The smallest absolute Gasteiger partial charge is 0.338 e. The highest BCUT2D eigenvalue weighted by Gasteiger charge is 2.42. The fourth-order valence-corrected chi connectivity index (χ4v) is 6.01. The second kappa shape index (κ2) is 12.0. The molecule has 1 atom stereocenters. The lowest BCUT2D eigenvalue weighted by atomic mass is 9.88. The summed E-state index contributed by atoms with van der Waals surface area (Å²) in [6.07, 6.45) is 3.54. The predicted molar refractivity (Wildman–Crippen MR) is 161 cm³/mol. The van der Waals surface area contributed by atoms with E-state index in [1.165, 1.54) is 7.11 Å². The van der Waals surface area contributed by atoms with E-state index in [9.17, 15) is 4.79 Å². The molecule has 0 aliphatic carbocycles. The molecule has 11 heteroatoms. The fourth-order valence-electron chi connectivity index (χ4n) is 5.90. The van der Waals surface area contributed by atoms with Gasteiger partial charge in [-0.25, -0.2) is 9.78 Å². The van der Waals surface area contributed by atoms with Gasteiger partial charge in [-0.15, -0.1) is 0 Å². The van der Waals surface area contributed by atoms with Gasteiger partial charge in [0.25, 0.3) is 5.79 Å². The molecular formula is C32H35ClN4O6. The molecule has 0 N–H and O–H groups in total. The normalized spacial score (nSPS) is 18.7. The standard InChI is InChI=1S/C32H35ClN4O6/c1-32(27-9-8-22(33)18-34-27)42-25-7-5-6-23(30(25)43-32)20-10-12-37(13-11-20)19-28-35-24-16-21(31(38)40-4)17-26(29(24)36(28)2)41-15-14-39-3/h5-9,16-18,20H,10-15,19H2,1-4H3/t32-/m0/s1. The third-order valence-corrected chi connectivity index (χ3v) is 8.41. The molecule has 10 nitrogen and oxygen atoms in total. The molecule has 0 saturated carbocycles. The van der Waals surface area contributed by atoms with Crippen molar-refractivity contribution in [1.82, 2.24) is 19.4 Å². The molecule has 6 rings (SSSR count). The fraction of sp³-hybridized carbons (Fsp3) is 0.406. The van der Waals surface area contributed by atoms with Gasteiger partial charge in [0.2, 0.25) is 0 Å². The lowest BCUT2D eigenvalue weighted by Gasteiger charge is -2.32. The van der Waals surface area contributed by atoms with E-state index < -0.39 is 11.8 Å². The zero-order chi connectivity index (χ0) is 30.1. The number of halogens is 1. The summed E-state index contributed by atoms with van der Waals surface area (Å²) in [6, 6.07) is 13.2. The number of rotatable bonds is 9. The van der Waals surface area contributed by atoms with Crippen LogP contribution < -0.4 is 14.2 Å². The summed E-state index contributed by atoms with van der Waals surface area (Å²) in [6.45, 7) is 5.16. The first-order valence-corrected chi connectivity index (χ1v) is 14.7. The van der Waals surface area contributed by atoms with Crippen molar-refractivity contribution < 1.29 is 28.5 Å². The van der Waals surface area contributed by atoms with Crippen molar-refractivity contribution in [2.45, 2.75) is 38.0 Å². The average molecular weight is 607 g/mol. The lowest BCUT2D eigenvalue weighted by Crippen LogP contribution is -2.34. The van der Waals surface area contributed by atoms with Crippen LogP contribution in [0.5, 0.6) is 17.2 Å². The SMILES string of the molecule is COCCOc1cc(C(=O)OC)cc2nc(CN3CCC(c4cccc5c4O[C@@](C)(c4ccc(Cl)cn4)O5)CC3)n(C)c12. The Labute approximate surface area is 255 Å². The first-order valence-electron chi connectivity index (χ1n) is 14.3. The minimum absolute atomic E-state index is 0.333. The number of ether oxygens (including phenoxy) is 5. The van der Waals surface area contributed by atoms with Crippen molar-refractivity contribution in [2.24, 2.45) is 7.05 Å². The average Bonchev–Trinajstić information content (AvgIpc) is 3.53. The maximum absolute atomic E-state index is 12.3. The molecule has 0 spiro atoms. The lowest BCUT2D eigenvalue weighted by molar-refractivity contribution is -0.0722. The highest BCUT2D eigenvalue weighted by molar-refractivity contribution is 6.30. The van der Waals surface area contributed by atoms with Crippen LogP contribution in [0.15, 0.2) is 48.7 Å². The van der Waals surface area contributed by atoms with E-state index in [2.05, 4.69) is 16.0 Å². The van der Waals surface area contributed by atoms with Crippen LogP contribution in [0.25, 0.3) is 11.0 Å². The van der Waals surface area contributed by atoms with Crippen LogP contribution in [0.4, 0.5) is 0 Å². The van der Waals surface area contributed by atoms with E-state index in [1.54, 1.807) is 31.5 Å². The van der Waals surface area contributed by atoms with Crippen molar-refractivity contribution in [2.75, 3.05) is 40.5 Å². The number of pyridine rings is 1. The minimum atomic E-state index is -1.01. The van der Waals surface area contributed by atoms with Crippen molar-refractivity contribution in [3.8, 4) is 17.2 Å². The summed E-state index contributed by atoms with van der Waals surface area (Å²) >= 11 is 6.04. The minimum Gasteiger partial charge on any atom is -0.489 e. The maximum Gasteiger partial charge on any atom is 0.338 e. The summed E-state index contributed by atoms with van der Waals surface area (Å²) < 4.78 is 30.8. The van der Waals surface area contributed by atoms with Crippen LogP contribution in [0.3, 0.4) is 0 Å². The number of para-hydroxylation sites is 1. The molecule has 1 saturated heterocycles. The first-order chi connectivity index (χ1) is 20.8. The van der Waals surface area contributed by atoms with Crippen molar-refractivity contribution >= 4 is 28.6 Å². The highest BCUT2D eigenvalue weighted by atomic mass is 35.5. The van der Waals surface area contributed by atoms with Crippen molar-refractivity contribution in [1.29, 1.82) is 0 Å². The number of esters is 1. The van der Waals surface area contributed by atoms with E-state index in [1.807, 2.05) is 36.7 Å². The van der Waals surface area contributed by atoms with Crippen LogP contribution >= 0.6 is 11.6 Å². The second-order valence-corrected chi connectivity index (χ2v) is 11.4. The maximum atomic E-state index is 12.3. The van der Waals surface area contributed by atoms with Crippen LogP contribution in [-0.2, 0) is 28.9 Å². The van der Waals surface area contributed by atoms with E-state index in [-0.39, 0.29) is 0 Å². The van der Waals surface area contributed by atoms with E-state index in [0.717, 1.165) is 54.3 Å². The van der Waals surface area contributed by atoms with Crippen LogP contribution in [0.1, 0.15) is 53.1 Å². The molecule has 4 heterocycles. The summed E-state index contributed by atoms with van der Waals surface area (Å²) in [7, 11) is 4.97. The van der Waals surface area contributed by atoms with Gasteiger partial charge in [-0.2, -0.15) is 0 Å². The predicted octanol–water partition coefficient (Wildman–Crippen LogP) is 5.46. The van der Waals surface area contributed by atoms with Gasteiger partial charge in [-0.05, 0) is 62.2 Å². The topological polar surface area (TPSA) is 97.2 Å². The number of hydrogen-bond acceptors (Lipinski definition) is 9. The molecule has 2 aromatic heterocycles. The molecule has 2 aliphatic heterocycles. The molecule has 1 fully saturated rings. The van der Waals surface area contributed by atoms with Crippen LogP contribution in [0, 0.1) is 0 Å². The van der Waals surface area contributed by atoms with Gasteiger partial charge in [0.1, 0.15) is 29.4 Å². The highest BCUT2D eigenvalue weighted by Crippen LogP contribution is 2.49. The van der Waals surface area contributed by atoms with Gasteiger partial charge in [-0.1, -0.05) is 23.7 Å². The van der Waals surface area contributed by atoms with Gasteiger partial charge >= 0.3 is 5.97 Å². The van der Waals surface area contributed by atoms with Gasteiger partial charge in [0.15, 0.2) is 11.5 Å². The van der Waals surface area contributed by atoms with Gasteiger partial charge in [0, 0.05) is 32.8 Å². The number of methoxy groups -OCH3 is 2. The zero-order valence-electron chi connectivity index (χ0n) is 24.8. The van der Waals surface area contributed by atoms with E-state index >= 15 is 0 Å². The zero-order valence-corrected chi connectivity index (χ0v) is 25.5. The molecular weight excluding hydrogens is 572 g/mol. The number of carbonyl (C=O) groups is 1. The molecule has 0 radical (unpaired) electrons. The number of piperidine rings is 1. The molecule has 226 valence electrons. The van der Waals surface area contributed by atoms with Gasteiger partial charge < -0.3 is 28.3 Å². The Morgan fingerprint density at radius 2 is 1.93 bits per heavy atom. The van der Waals surface area contributed by atoms with Crippen molar-refractivity contribution in [3.63, 3.8) is 0 Å². The Hall–Kier alpha value is -3.86. The van der Waals surface area contributed by atoms with E-state index in [0.29, 0.717) is 53.2 Å². The van der Waals surface area contributed by atoms with Gasteiger partial charge in [-0.3, -0.25) is 9.88 Å². The third-order valence-electron chi connectivity index (χ3n) is 8.19. The third kappa shape index (κ3) is 5.74. The molecule has 4 aromatic rings. The monoisotopic (exact) mass is 606 g/mol. The summed E-state index contributed by atoms with van der Waals surface area (Å²) in [5.41, 5.74) is 3.76. The second-order valence-electron chi connectivity index (χ2n) is 11.0. The number of nitrogens with zero attached hydrogens (tertiary/aromatic N) is 4. The Morgan fingerprint density at radius 3 is 2.65 bits per heavy atom. The number of fused-ring (bicyclic) bond motifs is 2. The van der Waals surface area contributed by atoms with E-state index in [4.69, 9.17) is 40.3 Å². The number of likely N-dealkylation sites (tertiary alicyclic amines) is 1. The van der Waals surface area contributed by atoms with Gasteiger partial charge in [0.05, 0.1) is 36.4 Å². The van der Waals surface area contributed by atoms with Crippen LogP contribution in [0.2, 0.25) is 5.02 Å². The Morgan fingerprint density at radius 1 is 1.12 bits per heavy atom. The molecule has 0 bridgehead atoms. The number of benzene rings is 2.